The second-order valence-electron chi connectivity index (χ2n) is 8.12. The summed E-state index contributed by atoms with van der Waals surface area (Å²) in [5, 5.41) is 5.95. The van der Waals surface area contributed by atoms with Gasteiger partial charge in [-0.3, -0.25) is 19.3 Å². The van der Waals surface area contributed by atoms with Gasteiger partial charge in [0, 0.05) is 35.8 Å². The first kappa shape index (κ1) is 25.8. The Labute approximate surface area is 208 Å². The van der Waals surface area contributed by atoms with Crippen molar-refractivity contribution in [1.82, 2.24) is 10.3 Å². The largest absolute Gasteiger partial charge is 0.352 e. The number of carbonyl (C=O) groups excluding carboxylic acids is 3. The molecule has 0 bridgehead atoms. The monoisotopic (exact) mass is 496 g/mol. The Hall–Kier alpha value is -3.78. The molecule has 1 heterocycles. The molecule has 182 valence electrons. The van der Waals surface area contributed by atoms with Crippen LogP contribution in [0.2, 0.25) is 5.02 Å². The lowest BCUT2D eigenvalue weighted by Crippen LogP contribution is -2.46. The van der Waals surface area contributed by atoms with E-state index in [0.29, 0.717) is 22.1 Å². The number of hydrogen-bond donors (Lipinski definition) is 2. The number of anilines is 2. The smallest absolute Gasteiger partial charge is 0.248 e. The van der Waals surface area contributed by atoms with Crippen molar-refractivity contribution in [1.29, 1.82) is 0 Å². The number of hydrogen-bond acceptors (Lipinski definition) is 4. The van der Waals surface area contributed by atoms with Gasteiger partial charge >= 0.3 is 0 Å². The van der Waals surface area contributed by atoms with Crippen molar-refractivity contribution in [3.63, 3.8) is 0 Å². The van der Waals surface area contributed by atoms with Crippen LogP contribution < -0.4 is 15.5 Å². The second-order valence-corrected chi connectivity index (χ2v) is 8.56. The molecular weight excluding hydrogens is 471 g/mol. The maximum Gasteiger partial charge on any atom is 0.248 e. The Balaban J connectivity index is 1.92. The highest BCUT2D eigenvalue weighted by atomic mass is 35.5. The van der Waals surface area contributed by atoms with E-state index >= 15 is 0 Å². The number of aromatic nitrogens is 1. The van der Waals surface area contributed by atoms with Crippen molar-refractivity contribution in [3.8, 4) is 0 Å². The number of rotatable bonds is 9. The quantitative estimate of drug-likeness (QED) is 0.441. The summed E-state index contributed by atoms with van der Waals surface area (Å²) in [4.78, 5) is 44.5. The van der Waals surface area contributed by atoms with Gasteiger partial charge in [-0.15, -0.1) is 0 Å². The van der Waals surface area contributed by atoms with E-state index in [-0.39, 0.29) is 18.9 Å². The molecule has 9 heteroatoms. The van der Waals surface area contributed by atoms with Crippen molar-refractivity contribution in [3.05, 3.63) is 89.3 Å². The molecule has 0 fully saturated rings. The van der Waals surface area contributed by atoms with Gasteiger partial charge in [-0.05, 0) is 67.9 Å². The SMILES string of the molecule is CC(C)NC(=O)[C@H](c1ccc(Cl)cc1)N(C(=O)CCC(=O)Nc1ccccn1)c1ccc(F)cc1. The van der Waals surface area contributed by atoms with Gasteiger partial charge in [0.2, 0.25) is 17.7 Å². The third-order valence-corrected chi connectivity index (χ3v) is 5.25. The maximum absolute atomic E-state index is 13.7. The molecule has 2 aromatic carbocycles. The standard InChI is InChI=1S/C26H26ClFN4O3/c1-17(2)30-26(35)25(18-6-8-19(27)9-7-18)32(21-12-10-20(28)11-13-21)24(34)15-14-23(33)31-22-5-3-4-16-29-22/h3-13,16-17,25H,14-15H2,1-2H3,(H,30,35)(H,29,31,33)/t25-/m0/s1. The predicted octanol–water partition coefficient (Wildman–Crippen LogP) is 4.89. The van der Waals surface area contributed by atoms with Gasteiger partial charge in [0.05, 0.1) is 0 Å². The van der Waals surface area contributed by atoms with Crippen LogP contribution in [0.25, 0.3) is 0 Å². The molecule has 35 heavy (non-hydrogen) atoms. The number of nitrogens with one attached hydrogen (secondary N) is 2. The van der Waals surface area contributed by atoms with Crippen LogP contribution in [0.1, 0.15) is 38.3 Å². The van der Waals surface area contributed by atoms with Crippen molar-refractivity contribution in [2.45, 2.75) is 38.8 Å². The molecule has 0 saturated carbocycles. The van der Waals surface area contributed by atoms with Crippen molar-refractivity contribution >= 4 is 40.8 Å². The van der Waals surface area contributed by atoms with Gasteiger partial charge in [0.1, 0.15) is 17.7 Å². The van der Waals surface area contributed by atoms with Crippen LogP contribution in [0.3, 0.4) is 0 Å². The van der Waals surface area contributed by atoms with Crippen LogP contribution in [-0.4, -0.2) is 28.7 Å². The summed E-state index contributed by atoms with van der Waals surface area (Å²) >= 11 is 6.04. The first-order valence-electron chi connectivity index (χ1n) is 11.1. The molecule has 0 aliphatic rings. The lowest BCUT2D eigenvalue weighted by Gasteiger charge is -2.32. The molecule has 3 rings (SSSR count). The summed E-state index contributed by atoms with van der Waals surface area (Å²) < 4.78 is 13.7. The Morgan fingerprint density at radius 1 is 0.971 bits per heavy atom. The zero-order valence-corrected chi connectivity index (χ0v) is 20.1. The van der Waals surface area contributed by atoms with E-state index in [2.05, 4.69) is 15.6 Å². The van der Waals surface area contributed by atoms with Gasteiger partial charge in [-0.2, -0.15) is 0 Å². The fourth-order valence-corrected chi connectivity index (χ4v) is 3.57. The molecule has 1 aromatic heterocycles. The maximum atomic E-state index is 13.7. The van der Waals surface area contributed by atoms with Gasteiger partial charge < -0.3 is 10.6 Å². The van der Waals surface area contributed by atoms with Crippen LogP contribution in [0, 0.1) is 5.82 Å². The summed E-state index contributed by atoms with van der Waals surface area (Å²) in [6.07, 6.45) is 1.22. The highest BCUT2D eigenvalue weighted by Crippen LogP contribution is 2.30. The fraction of sp³-hybridized carbons (Fsp3) is 0.231. The van der Waals surface area contributed by atoms with Crippen molar-refractivity contribution in [2.75, 3.05) is 10.2 Å². The molecule has 1 atom stereocenters. The van der Waals surface area contributed by atoms with Crippen molar-refractivity contribution in [2.24, 2.45) is 0 Å². The second kappa shape index (κ2) is 12.1. The molecule has 0 saturated heterocycles. The van der Waals surface area contributed by atoms with E-state index < -0.39 is 29.6 Å². The van der Waals surface area contributed by atoms with E-state index in [1.807, 2.05) is 13.8 Å². The molecule has 0 spiro atoms. The van der Waals surface area contributed by atoms with Gasteiger partial charge in [0.25, 0.3) is 0 Å². The number of benzene rings is 2. The lowest BCUT2D eigenvalue weighted by atomic mass is 10.0. The Morgan fingerprint density at radius 3 is 2.26 bits per heavy atom. The van der Waals surface area contributed by atoms with Gasteiger partial charge in [0.15, 0.2) is 0 Å². The minimum Gasteiger partial charge on any atom is -0.352 e. The van der Waals surface area contributed by atoms with E-state index in [1.165, 1.54) is 29.2 Å². The van der Waals surface area contributed by atoms with Crippen LogP contribution in [0.5, 0.6) is 0 Å². The topological polar surface area (TPSA) is 91.4 Å². The molecule has 7 nitrogen and oxygen atoms in total. The molecule has 0 aliphatic heterocycles. The third-order valence-electron chi connectivity index (χ3n) is 5.00. The molecule has 0 unspecified atom stereocenters. The van der Waals surface area contributed by atoms with Crippen LogP contribution >= 0.6 is 11.6 Å². The molecule has 0 aliphatic carbocycles. The van der Waals surface area contributed by atoms with E-state index in [1.54, 1.807) is 48.7 Å². The summed E-state index contributed by atoms with van der Waals surface area (Å²) in [6.45, 7) is 3.62. The average Bonchev–Trinajstić information content (AvgIpc) is 2.82. The predicted molar refractivity (Wildman–Crippen MR) is 133 cm³/mol. The van der Waals surface area contributed by atoms with Gasteiger partial charge in [-0.1, -0.05) is 29.8 Å². The molecule has 0 radical (unpaired) electrons. The molecular formula is C26H26ClFN4O3. The number of pyridine rings is 1. The summed E-state index contributed by atoms with van der Waals surface area (Å²) in [6, 6.07) is 15.7. The first-order chi connectivity index (χ1) is 16.7. The van der Waals surface area contributed by atoms with E-state index in [0.717, 1.165) is 0 Å². The minimum atomic E-state index is -1.06. The molecule has 3 amide bonds. The fourth-order valence-electron chi connectivity index (χ4n) is 3.45. The summed E-state index contributed by atoms with van der Waals surface area (Å²) in [5.74, 6) is -1.41. The Morgan fingerprint density at radius 2 is 1.66 bits per heavy atom. The summed E-state index contributed by atoms with van der Waals surface area (Å²) in [7, 11) is 0. The normalized spacial score (nSPS) is 11.6. The zero-order valence-electron chi connectivity index (χ0n) is 19.4. The number of amides is 3. The third kappa shape index (κ3) is 7.35. The molecule has 3 aromatic rings. The van der Waals surface area contributed by atoms with Crippen LogP contribution in [0.15, 0.2) is 72.9 Å². The zero-order chi connectivity index (χ0) is 25.4. The number of carbonyl (C=O) groups is 3. The molecule has 2 N–H and O–H groups in total. The summed E-state index contributed by atoms with van der Waals surface area (Å²) in [5.41, 5.74) is 0.837. The van der Waals surface area contributed by atoms with Crippen molar-refractivity contribution < 1.29 is 18.8 Å². The first-order valence-corrected chi connectivity index (χ1v) is 11.5. The highest BCUT2D eigenvalue weighted by Gasteiger charge is 2.33. The Kier molecular flexibility index (Phi) is 8.92. The van der Waals surface area contributed by atoms with Gasteiger partial charge in [-0.25, -0.2) is 9.37 Å². The lowest BCUT2D eigenvalue weighted by molar-refractivity contribution is -0.127. The number of halogens is 2. The van der Waals surface area contributed by atoms with E-state index in [9.17, 15) is 18.8 Å². The highest BCUT2D eigenvalue weighted by molar-refractivity contribution is 6.30. The van der Waals surface area contributed by atoms with Crippen LogP contribution in [-0.2, 0) is 14.4 Å². The van der Waals surface area contributed by atoms with Crippen LogP contribution in [0.4, 0.5) is 15.9 Å². The minimum absolute atomic E-state index is 0.133. The average molecular weight is 497 g/mol. The Bertz CT molecular complexity index is 1160. The number of nitrogens with zero attached hydrogens (tertiary/aromatic N) is 2. The van der Waals surface area contributed by atoms with E-state index in [4.69, 9.17) is 11.6 Å².